The first kappa shape index (κ1) is 18.0. The van der Waals surface area contributed by atoms with Crippen molar-refractivity contribution in [2.45, 2.75) is 32.6 Å². The Hall–Kier alpha value is -2.30. The smallest absolute Gasteiger partial charge is 0.253 e. The average molecular weight is 330 g/mol. The number of nitrogens with zero attached hydrogens (tertiary/aromatic N) is 1. The minimum Gasteiger partial charge on any atom is -0.489 e. The fourth-order valence-corrected chi connectivity index (χ4v) is 2.91. The highest BCUT2D eigenvalue weighted by Crippen LogP contribution is 2.23. The van der Waals surface area contributed by atoms with E-state index in [0.717, 1.165) is 37.1 Å². The van der Waals surface area contributed by atoms with Gasteiger partial charge in [0.2, 0.25) is 5.91 Å². The number of nitrogens with two attached hydrogens (primary N) is 1. The number of hydrogen-bond donors (Lipinski definition) is 1. The lowest BCUT2D eigenvalue weighted by molar-refractivity contribution is -0.118. The summed E-state index contributed by atoms with van der Waals surface area (Å²) in [7, 11) is 0. The summed E-state index contributed by atoms with van der Waals surface area (Å²) in [6.07, 6.45) is 3.16. The molecule has 0 aromatic heterocycles. The molecule has 2 N–H and O–H groups in total. The average Bonchev–Trinajstić information content (AvgIpc) is 2.58. The molecule has 0 aliphatic carbocycles. The summed E-state index contributed by atoms with van der Waals surface area (Å²) in [5, 5.41) is 0. The summed E-state index contributed by atoms with van der Waals surface area (Å²) in [6.45, 7) is 7.63. The molecule has 0 bridgehead atoms. The van der Waals surface area contributed by atoms with Gasteiger partial charge in [-0.3, -0.25) is 9.59 Å². The first-order chi connectivity index (χ1) is 11.5. The lowest BCUT2D eigenvalue weighted by atomic mass is 9.93. The Balaban J connectivity index is 1.92. The minimum atomic E-state index is -0.274. The Kier molecular flexibility index (Phi) is 6.41. The molecule has 0 unspecified atom stereocenters. The van der Waals surface area contributed by atoms with Crippen LogP contribution in [0.2, 0.25) is 0 Å². The van der Waals surface area contributed by atoms with Crippen LogP contribution >= 0.6 is 0 Å². The largest absolute Gasteiger partial charge is 0.489 e. The molecule has 1 heterocycles. The van der Waals surface area contributed by atoms with E-state index in [1.807, 2.05) is 24.0 Å². The fourth-order valence-electron chi connectivity index (χ4n) is 2.91. The van der Waals surface area contributed by atoms with Crippen LogP contribution in [0.1, 0.15) is 43.0 Å². The second kappa shape index (κ2) is 8.52. The Bertz CT molecular complexity index is 595. The number of carbonyl (C=O) groups is 2. The van der Waals surface area contributed by atoms with Gasteiger partial charge in [0.15, 0.2) is 0 Å². The van der Waals surface area contributed by atoms with Gasteiger partial charge in [0.1, 0.15) is 12.4 Å². The molecule has 2 rings (SSSR count). The van der Waals surface area contributed by atoms with Crippen LogP contribution in [0.25, 0.3) is 0 Å². The van der Waals surface area contributed by atoms with Gasteiger partial charge in [-0.15, -0.1) is 0 Å². The summed E-state index contributed by atoms with van der Waals surface area (Å²) < 4.78 is 5.55. The zero-order chi connectivity index (χ0) is 17.5. The van der Waals surface area contributed by atoms with E-state index in [1.165, 1.54) is 0 Å². The molecule has 1 fully saturated rings. The summed E-state index contributed by atoms with van der Waals surface area (Å²) in [6, 6.07) is 7.21. The van der Waals surface area contributed by atoms with Crippen molar-refractivity contribution in [3.8, 4) is 5.75 Å². The van der Waals surface area contributed by atoms with Crippen molar-refractivity contribution < 1.29 is 14.3 Å². The van der Waals surface area contributed by atoms with Crippen LogP contribution in [-0.4, -0.2) is 36.4 Å². The van der Waals surface area contributed by atoms with Crippen LogP contribution in [0.15, 0.2) is 36.4 Å². The zero-order valence-corrected chi connectivity index (χ0v) is 14.3. The summed E-state index contributed by atoms with van der Waals surface area (Å²) in [5.74, 6) is 0.843. The van der Waals surface area contributed by atoms with E-state index < -0.39 is 0 Å². The molecule has 0 saturated carbocycles. The topological polar surface area (TPSA) is 72.6 Å². The number of amides is 2. The molecule has 1 aromatic carbocycles. The van der Waals surface area contributed by atoms with Gasteiger partial charge in [0.05, 0.1) is 0 Å². The molecule has 1 aromatic rings. The Morgan fingerprint density at radius 2 is 2.04 bits per heavy atom. The number of ether oxygens (including phenoxy) is 1. The predicted molar refractivity (Wildman–Crippen MR) is 93.8 cm³/mol. The van der Waals surface area contributed by atoms with Gasteiger partial charge in [0, 0.05) is 25.1 Å². The monoisotopic (exact) mass is 330 g/mol. The molecule has 0 radical (unpaired) electrons. The SMILES string of the molecule is C=C(C)COc1ccc(C(=O)N2CCC[C@@H](CCC(N)=O)C2)cc1. The van der Waals surface area contributed by atoms with Crippen LogP contribution in [-0.2, 0) is 4.79 Å². The minimum absolute atomic E-state index is 0.0326. The molecule has 130 valence electrons. The van der Waals surface area contributed by atoms with Crippen molar-refractivity contribution >= 4 is 11.8 Å². The Labute approximate surface area is 143 Å². The van der Waals surface area contributed by atoms with Crippen LogP contribution < -0.4 is 10.5 Å². The number of rotatable bonds is 7. The zero-order valence-electron chi connectivity index (χ0n) is 14.3. The maximum absolute atomic E-state index is 12.6. The van der Waals surface area contributed by atoms with Crippen LogP contribution in [0, 0.1) is 5.92 Å². The predicted octanol–water partition coefficient (Wildman–Crippen LogP) is 2.76. The summed E-state index contributed by atoms with van der Waals surface area (Å²) in [5.41, 5.74) is 6.83. The standard InChI is InChI=1S/C19H26N2O3/c1-14(2)13-24-17-8-6-16(7-9-17)19(23)21-11-3-4-15(12-21)5-10-18(20)22/h6-9,15H,1,3-5,10-13H2,2H3,(H2,20,22)/t15-/m0/s1. The van der Waals surface area contributed by atoms with E-state index in [4.69, 9.17) is 10.5 Å². The van der Waals surface area contributed by atoms with Crippen molar-refractivity contribution in [3.63, 3.8) is 0 Å². The van der Waals surface area contributed by atoms with Crippen LogP contribution in [0.3, 0.4) is 0 Å². The van der Waals surface area contributed by atoms with Crippen molar-refractivity contribution in [2.75, 3.05) is 19.7 Å². The molecule has 1 saturated heterocycles. The number of likely N-dealkylation sites (tertiary alicyclic amines) is 1. The molecule has 1 aliphatic rings. The lowest BCUT2D eigenvalue weighted by Gasteiger charge is -2.32. The number of benzene rings is 1. The van der Waals surface area contributed by atoms with Gasteiger partial charge >= 0.3 is 0 Å². The van der Waals surface area contributed by atoms with Gasteiger partial charge in [-0.25, -0.2) is 0 Å². The van der Waals surface area contributed by atoms with E-state index in [0.29, 0.717) is 31.1 Å². The normalized spacial score (nSPS) is 17.4. The van der Waals surface area contributed by atoms with Crippen molar-refractivity contribution in [1.29, 1.82) is 0 Å². The number of primary amides is 1. The molecule has 24 heavy (non-hydrogen) atoms. The third-order valence-corrected chi connectivity index (χ3v) is 4.19. The summed E-state index contributed by atoms with van der Waals surface area (Å²) in [4.78, 5) is 25.4. The third-order valence-electron chi connectivity index (χ3n) is 4.19. The Morgan fingerprint density at radius 1 is 1.33 bits per heavy atom. The fraction of sp³-hybridized carbons (Fsp3) is 0.474. The first-order valence-corrected chi connectivity index (χ1v) is 8.40. The molecule has 1 aliphatic heterocycles. The van der Waals surface area contributed by atoms with E-state index in [1.54, 1.807) is 12.1 Å². The van der Waals surface area contributed by atoms with Crippen LogP contribution in [0.4, 0.5) is 0 Å². The Morgan fingerprint density at radius 3 is 2.67 bits per heavy atom. The molecule has 5 nitrogen and oxygen atoms in total. The highest BCUT2D eigenvalue weighted by molar-refractivity contribution is 5.94. The molecule has 1 atom stereocenters. The first-order valence-electron chi connectivity index (χ1n) is 8.40. The number of carbonyl (C=O) groups excluding carboxylic acids is 2. The molecule has 0 spiro atoms. The molecule has 5 heteroatoms. The number of piperidine rings is 1. The quantitative estimate of drug-likeness (QED) is 0.781. The van der Waals surface area contributed by atoms with E-state index >= 15 is 0 Å². The van der Waals surface area contributed by atoms with Gasteiger partial charge in [-0.2, -0.15) is 0 Å². The van der Waals surface area contributed by atoms with Crippen LogP contribution in [0.5, 0.6) is 5.75 Å². The highest BCUT2D eigenvalue weighted by atomic mass is 16.5. The van der Waals surface area contributed by atoms with Gasteiger partial charge in [-0.1, -0.05) is 6.58 Å². The van der Waals surface area contributed by atoms with E-state index in [9.17, 15) is 9.59 Å². The second-order valence-corrected chi connectivity index (χ2v) is 6.53. The van der Waals surface area contributed by atoms with Gasteiger partial charge in [0.25, 0.3) is 5.91 Å². The highest BCUT2D eigenvalue weighted by Gasteiger charge is 2.24. The molecular weight excluding hydrogens is 304 g/mol. The van der Waals surface area contributed by atoms with Gasteiger partial charge in [-0.05, 0) is 61.9 Å². The third kappa shape index (κ3) is 5.41. The van der Waals surface area contributed by atoms with Crippen molar-refractivity contribution in [1.82, 2.24) is 4.90 Å². The summed E-state index contributed by atoms with van der Waals surface area (Å²) >= 11 is 0. The second-order valence-electron chi connectivity index (χ2n) is 6.53. The van der Waals surface area contributed by atoms with E-state index in [2.05, 4.69) is 6.58 Å². The lowest BCUT2D eigenvalue weighted by Crippen LogP contribution is -2.40. The van der Waals surface area contributed by atoms with Gasteiger partial charge < -0.3 is 15.4 Å². The molecule has 2 amide bonds. The van der Waals surface area contributed by atoms with Crippen molar-refractivity contribution in [3.05, 3.63) is 42.0 Å². The van der Waals surface area contributed by atoms with Crippen molar-refractivity contribution in [2.24, 2.45) is 11.7 Å². The number of hydrogen-bond acceptors (Lipinski definition) is 3. The van der Waals surface area contributed by atoms with E-state index in [-0.39, 0.29) is 11.8 Å². The maximum atomic E-state index is 12.6. The maximum Gasteiger partial charge on any atom is 0.253 e. The molecular formula is C19H26N2O3.